The van der Waals surface area contributed by atoms with Gasteiger partial charge in [-0.1, -0.05) is 69.7 Å². The van der Waals surface area contributed by atoms with Gasteiger partial charge in [0, 0.05) is 30.6 Å². The number of carbonyl (C=O) groups is 3. The van der Waals surface area contributed by atoms with Crippen LogP contribution in [0, 0.1) is 5.82 Å². The van der Waals surface area contributed by atoms with Crippen LogP contribution in [0.4, 0.5) is 10.1 Å². The topological polar surface area (TPSA) is 79.0 Å². The number of nitrogens with one attached hydrogen (secondary N) is 1. The van der Waals surface area contributed by atoms with Crippen molar-refractivity contribution in [3.05, 3.63) is 107 Å². The summed E-state index contributed by atoms with van der Waals surface area (Å²) in [6, 6.07) is 23.9. The number of piperidine rings is 1. The van der Waals surface area contributed by atoms with Gasteiger partial charge in [0.25, 0.3) is 5.91 Å². The summed E-state index contributed by atoms with van der Waals surface area (Å²) in [7, 11) is 0. The minimum atomic E-state index is -0.750. The van der Waals surface area contributed by atoms with Crippen molar-refractivity contribution in [1.29, 1.82) is 0 Å². The molecule has 0 aliphatic carbocycles. The molecule has 0 spiro atoms. The maximum Gasteiger partial charge on any atom is 0.259 e. The number of halogens is 1. The quantitative estimate of drug-likeness (QED) is 0.181. The number of hydrogen-bond donors (Lipinski definition) is 1. The van der Waals surface area contributed by atoms with Crippen LogP contribution in [0.25, 0.3) is 10.8 Å². The molecule has 0 saturated carbocycles. The minimum Gasteiger partial charge on any atom is -0.490 e. The van der Waals surface area contributed by atoms with Crippen molar-refractivity contribution in [2.45, 2.75) is 71.6 Å². The number of rotatable bonds is 11. The molecule has 1 N–H and O–H groups in total. The van der Waals surface area contributed by atoms with E-state index in [1.165, 1.54) is 23.3 Å². The highest BCUT2D eigenvalue weighted by Gasteiger charge is 2.38. The van der Waals surface area contributed by atoms with Crippen LogP contribution in [0.3, 0.4) is 0 Å². The Bertz CT molecular complexity index is 1660. The van der Waals surface area contributed by atoms with Crippen LogP contribution < -0.4 is 15.0 Å². The molecule has 46 heavy (non-hydrogen) atoms. The first kappa shape index (κ1) is 32.8. The molecule has 0 bridgehead atoms. The summed E-state index contributed by atoms with van der Waals surface area (Å²) >= 11 is 0. The van der Waals surface area contributed by atoms with Gasteiger partial charge in [-0.25, -0.2) is 4.39 Å². The van der Waals surface area contributed by atoms with Crippen molar-refractivity contribution in [3.63, 3.8) is 0 Å². The van der Waals surface area contributed by atoms with Gasteiger partial charge < -0.3 is 4.74 Å². The van der Waals surface area contributed by atoms with Gasteiger partial charge in [-0.15, -0.1) is 0 Å². The highest BCUT2D eigenvalue weighted by Crippen LogP contribution is 2.41. The number of anilines is 1. The van der Waals surface area contributed by atoms with Crippen LogP contribution in [0.2, 0.25) is 0 Å². The third-order valence-corrected chi connectivity index (χ3v) is 8.67. The summed E-state index contributed by atoms with van der Waals surface area (Å²) in [5.74, 6) is -0.222. The Kier molecular flexibility index (Phi) is 10.8. The number of imide groups is 1. The number of ether oxygens (including phenoxy) is 1. The fraction of sp³-hybridized carbons (Fsp3) is 0.342. The summed E-state index contributed by atoms with van der Waals surface area (Å²) < 4.78 is 19.2. The summed E-state index contributed by atoms with van der Waals surface area (Å²) in [6.07, 6.45) is 4.24. The van der Waals surface area contributed by atoms with Gasteiger partial charge in [0.05, 0.1) is 5.69 Å². The van der Waals surface area contributed by atoms with Gasteiger partial charge in [-0.05, 0) is 84.2 Å². The predicted octanol–water partition coefficient (Wildman–Crippen LogP) is 7.04. The van der Waals surface area contributed by atoms with Gasteiger partial charge in [0.15, 0.2) is 0 Å². The second-order valence-corrected chi connectivity index (χ2v) is 11.6. The monoisotopic (exact) mass is 623 g/mol. The van der Waals surface area contributed by atoms with Gasteiger partial charge in [-0.2, -0.15) is 0 Å². The standard InChI is InChI=1S/C36H36FN3O4.C2H6/c1-2-4-33(35(42)38-23-41)40-32-16-11-26(30-5-3-6-31(34(30)32)36(40)43)21-24-7-9-25(10-8-24)22-39-19-17-29(18-20-39)44-28-14-12-27(37)13-15-28;1-2/h3,5-16,23,29,33H,2,4,17-22H2,1H3,(H,38,41,42);1-2H3. The van der Waals surface area contributed by atoms with Crippen LogP contribution in [-0.2, 0) is 22.6 Å². The van der Waals surface area contributed by atoms with Crippen molar-refractivity contribution < 1.29 is 23.5 Å². The lowest BCUT2D eigenvalue weighted by molar-refractivity contribution is -0.126. The van der Waals surface area contributed by atoms with Gasteiger partial charge in [0.2, 0.25) is 12.3 Å². The molecule has 0 radical (unpaired) electrons. The summed E-state index contributed by atoms with van der Waals surface area (Å²) in [6.45, 7) is 8.71. The van der Waals surface area contributed by atoms with E-state index in [9.17, 15) is 18.8 Å². The fourth-order valence-corrected chi connectivity index (χ4v) is 6.47. The van der Waals surface area contributed by atoms with Crippen molar-refractivity contribution in [2.75, 3.05) is 18.0 Å². The molecule has 8 heteroatoms. The number of carbonyl (C=O) groups excluding carboxylic acids is 3. The number of nitrogens with zero attached hydrogens (tertiary/aromatic N) is 2. The van der Waals surface area contributed by atoms with Gasteiger partial charge in [0.1, 0.15) is 23.7 Å². The van der Waals surface area contributed by atoms with Crippen molar-refractivity contribution in [3.8, 4) is 5.75 Å². The van der Waals surface area contributed by atoms with Crippen LogP contribution in [0.15, 0.2) is 78.9 Å². The lowest BCUT2D eigenvalue weighted by atomic mass is 9.95. The number of benzene rings is 4. The lowest BCUT2D eigenvalue weighted by Gasteiger charge is -2.32. The van der Waals surface area contributed by atoms with Crippen LogP contribution in [0.1, 0.15) is 73.5 Å². The number of hydrogen-bond acceptors (Lipinski definition) is 5. The highest BCUT2D eigenvalue weighted by molar-refractivity contribution is 6.27. The molecule has 1 atom stereocenters. The molecule has 2 aliphatic rings. The van der Waals surface area contributed by atoms with Crippen molar-refractivity contribution >= 4 is 34.7 Å². The molecule has 4 aromatic rings. The smallest absolute Gasteiger partial charge is 0.259 e. The Hall–Kier alpha value is -4.56. The maximum atomic E-state index is 13.5. The second-order valence-electron chi connectivity index (χ2n) is 11.6. The second kappa shape index (κ2) is 15.1. The molecular weight excluding hydrogens is 581 g/mol. The first-order valence-corrected chi connectivity index (χ1v) is 16.3. The van der Waals surface area contributed by atoms with Crippen molar-refractivity contribution in [1.82, 2.24) is 10.2 Å². The molecular formula is C38H42FN3O4. The van der Waals surface area contributed by atoms with E-state index in [1.54, 1.807) is 17.0 Å². The average molecular weight is 624 g/mol. The molecule has 240 valence electrons. The molecule has 2 heterocycles. The molecule has 0 aromatic heterocycles. The first-order valence-electron chi connectivity index (χ1n) is 16.3. The summed E-state index contributed by atoms with van der Waals surface area (Å²) in [4.78, 5) is 41.2. The summed E-state index contributed by atoms with van der Waals surface area (Å²) in [5, 5.41) is 4.10. The van der Waals surface area contributed by atoms with E-state index in [-0.39, 0.29) is 17.8 Å². The Morgan fingerprint density at radius 3 is 2.35 bits per heavy atom. The Balaban J connectivity index is 0.00000204. The number of amides is 3. The van der Waals surface area contributed by atoms with Crippen LogP contribution in [0.5, 0.6) is 5.75 Å². The SMILES string of the molecule is CC.CCCC(C(=O)NC=O)N1C(=O)c2cccc3c(Cc4ccc(CN5CCC(Oc6ccc(F)cc6)CC5)cc4)ccc1c23. The fourth-order valence-electron chi connectivity index (χ4n) is 6.47. The highest BCUT2D eigenvalue weighted by atomic mass is 19.1. The third-order valence-electron chi connectivity index (χ3n) is 8.67. The molecule has 3 amide bonds. The average Bonchev–Trinajstić information content (AvgIpc) is 3.37. The Morgan fingerprint density at radius 2 is 1.67 bits per heavy atom. The van der Waals surface area contributed by atoms with Gasteiger partial charge >= 0.3 is 0 Å². The normalized spacial score (nSPS) is 15.3. The molecule has 1 fully saturated rings. The van der Waals surface area contributed by atoms with E-state index in [0.717, 1.165) is 48.8 Å². The van der Waals surface area contributed by atoms with E-state index < -0.39 is 11.9 Å². The largest absolute Gasteiger partial charge is 0.490 e. The molecule has 2 aliphatic heterocycles. The van der Waals surface area contributed by atoms with E-state index >= 15 is 0 Å². The van der Waals surface area contributed by atoms with Crippen LogP contribution in [-0.4, -0.2) is 48.4 Å². The van der Waals surface area contributed by atoms with E-state index in [1.807, 2.05) is 51.1 Å². The molecule has 7 nitrogen and oxygen atoms in total. The minimum absolute atomic E-state index is 0.144. The molecule has 4 aromatic carbocycles. The zero-order chi connectivity index (χ0) is 32.6. The number of likely N-dealkylation sites (tertiary alicyclic amines) is 1. The van der Waals surface area contributed by atoms with Gasteiger partial charge in [-0.3, -0.25) is 29.5 Å². The zero-order valence-electron chi connectivity index (χ0n) is 26.8. The Labute approximate surface area is 270 Å². The van der Waals surface area contributed by atoms with E-state index in [2.05, 4.69) is 34.5 Å². The molecule has 1 unspecified atom stereocenters. The summed E-state index contributed by atoms with van der Waals surface area (Å²) in [5.41, 5.74) is 4.84. The van der Waals surface area contributed by atoms with Crippen LogP contribution >= 0.6 is 0 Å². The third kappa shape index (κ3) is 7.12. The Morgan fingerprint density at radius 1 is 0.978 bits per heavy atom. The van der Waals surface area contributed by atoms with E-state index in [4.69, 9.17) is 4.74 Å². The molecule has 6 rings (SSSR count). The van der Waals surface area contributed by atoms with E-state index in [0.29, 0.717) is 42.7 Å². The molecule has 1 saturated heterocycles. The maximum absolute atomic E-state index is 13.5. The lowest BCUT2D eigenvalue weighted by Crippen LogP contribution is -2.48. The van der Waals surface area contributed by atoms with Crippen molar-refractivity contribution in [2.24, 2.45) is 0 Å². The predicted molar refractivity (Wildman–Crippen MR) is 180 cm³/mol. The zero-order valence-corrected chi connectivity index (χ0v) is 26.8. The first-order chi connectivity index (χ1) is 22.4.